The molecule has 98 valence electrons. The van der Waals surface area contributed by atoms with Crippen molar-refractivity contribution in [2.75, 3.05) is 0 Å². The van der Waals surface area contributed by atoms with Gasteiger partial charge in [-0.2, -0.15) is 0 Å². The summed E-state index contributed by atoms with van der Waals surface area (Å²) in [5.74, 6) is 0.866. The van der Waals surface area contributed by atoms with Gasteiger partial charge in [-0.05, 0) is 39.9 Å². The number of thiophene rings is 1. The number of hydrogen-bond acceptors (Lipinski definition) is 4. The number of nitrogens with zero attached hydrogens (tertiary/aromatic N) is 2. The second-order valence-corrected chi connectivity index (χ2v) is 8.06. The van der Waals surface area contributed by atoms with Crippen molar-refractivity contribution in [3.63, 3.8) is 0 Å². The molecule has 0 fully saturated rings. The molecule has 0 bridgehead atoms. The Hall–Kier alpha value is -1.07. The molecule has 1 aliphatic rings. The Morgan fingerprint density at radius 3 is 2.79 bits per heavy atom. The van der Waals surface area contributed by atoms with E-state index in [-0.39, 0.29) is 11.2 Å². The van der Waals surface area contributed by atoms with E-state index in [9.17, 15) is 4.79 Å². The number of aromatic nitrogens is 2. The van der Waals surface area contributed by atoms with Crippen LogP contribution in [0.3, 0.4) is 0 Å². The molecule has 0 atom stereocenters. The second kappa shape index (κ2) is 4.49. The Morgan fingerprint density at radius 1 is 1.32 bits per heavy atom. The van der Waals surface area contributed by atoms with Crippen molar-refractivity contribution in [2.24, 2.45) is 5.41 Å². The van der Waals surface area contributed by atoms with Gasteiger partial charge >= 0.3 is 0 Å². The van der Waals surface area contributed by atoms with E-state index >= 15 is 0 Å². The molecule has 2 heterocycles. The van der Waals surface area contributed by atoms with E-state index in [0.717, 1.165) is 20.8 Å². The van der Waals surface area contributed by atoms with Crippen LogP contribution in [0.15, 0.2) is 22.1 Å². The molecule has 0 radical (unpaired) electrons. The number of hydrogen-bond donors (Lipinski definition) is 0. The van der Waals surface area contributed by atoms with Gasteiger partial charge in [0.05, 0.1) is 19.9 Å². The van der Waals surface area contributed by atoms with E-state index in [2.05, 4.69) is 39.7 Å². The number of halogens is 1. The second-order valence-electron chi connectivity index (χ2n) is 5.60. The molecule has 1 aliphatic carbocycles. The quantitative estimate of drug-likeness (QED) is 0.786. The maximum atomic E-state index is 12.1. The monoisotopic (exact) mass is 336 g/mol. The third kappa shape index (κ3) is 2.49. The van der Waals surface area contributed by atoms with Crippen LogP contribution in [0.5, 0.6) is 0 Å². The van der Waals surface area contributed by atoms with E-state index in [1.54, 1.807) is 17.5 Å². The highest BCUT2D eigenvalue weighted by Crippen LogP contribution is 2.35. The van der Waals surface area contributed by atoms with Gasteiger partial charge in [0, 0.05) is 12.6 Å². The number of fused-ring (bicyclic) bond motifs is 1. The van der Waals surface area contributed by atoms with Gasteiger partial charge in [0.25, 0.3) is 0 Å². The van der Waals surface area contributed by atoms with E-state index < -0.39 is 0 Å². The van der Waals surface area contributed by atoms with Crippen LogP contribution in [0.2, 0.25) is 0 Å². The fourth-order valence-electron chi connectivity index (χ4n) is 2.38. The summed E-state index contributed by atoms with van der Waals surface area (Å²) >= 11 is 5.04. The Morgan fingerprint density at radius 2 is 2.11 bits per heavy atom. The Balaban J connectivity index is 2.06. The van der Waals surface area contributed by atoms with Crippen LogP contribution < -0.4 is 0 Å². The highest BCUT2D eigenvalue weighted by atomic mass is 79.9. The first-order valence-corrected chi connectivity index (χ1v) is 7.70. The predicted octanol–water partition coefficient (Wildman–Crippen LogP) is 4.12. The number of ketones is 1. The topological polar surface area (TPSA) is 42.9 Å². The first-order chi connectivity index (χ1) is 8.94. The minimum absolute atomic E-state index is 0.00819. The minimum atomic E-state index is -0.00819. The van der Waals surface area contributed by atoms with Crippen molar-refractivity contribution in [1.29, 1.82) is 0 Å². The van der Waals surface area contributed by atoms with Crippen LogP contribution in [0.25, 0.3) is 10.7 Å². The van der Waals surface area contributed by atoms with Crippen molar-refractivity contribution in [2.45, 2.75) is 26.7 Å². The summed E-state index contributed by atoms with van der Waals surface area (Å²) in [4.78, 5) is 22.0. The maximum absolute atomic E-state index is 12.1. The van der Waals surface area contributed by atoms with E-state index in [0.29, 0.717) is 17.8 Å². The lowest BCUT2D eigenvalue weighted by Gasteiger charge is -2.29. The highest BCUT2D eigenvalue weighted by molar-refractivity contribution is 9.11. The van der Waals surface area contributed by atoms with Crippen LogP contribution in [0.4, 0.5) is 0 Å². The molecule has 3 nitrogen and oxygen atoms in total. The zero-order valence-corrected chi connectivity index (χ0v) is 13.1. The largest absolute Gasteiger partial charge is 0.294 e. The summed E-state index contributed by atoms with van der Waals surface area (Å²) in [6.07, 6.45) is 3.09. The summed E-state index contributed by atoms with van der Waals surface area (Å²) in [7, 11) is 0. The smallest absolute Gasteiger partial charge is 0.169 e. The summed E-state index contributed by atoms with van der Waals surface area (Å²) in [6, 6.07) is 3.98. The molecule has 0 N–H and O–H groups in total. The molecule has 2 aromatic heterocycles. The molecule has 0 spiro atoms. The number of Topliss-reactive ketones (excluding diaryl/α,β-unsaturated/α-hetero) is 1. The molecule has 0 amide bonds. The number of carbonyl (C=O) groups is 1. The number of rotatable bonds is 1. The zero-order valence-electron chi connectivity index (χ0n) is 10.7. The van der Waals surface area contributed by atoms with Gasteiger partial charge in [0.2, 0.25) is 0 Å². The standard InChI is InChI=1S/C14H13BrN2OS/c1-14(2)5-9-8(10(18)6-14)7-16-13(17-9)11-3-4-12(15)19-11/h3-4,7H,5-6H2,1-2H3. The molecule has 3 rings (SSSR count). The lowest BCUT2D eigenvalue weighted by Crippen LogP contribution is -2.28. The van der Waals surface area contributed by atoms with Crippen molar-refractivity contribution in [1.82, 2.24) is 9.97 Å². The summed E-state index contributed by atoms with van der Waals surface area (Å²) in [5, 5.41) is 0. The molecular formula is C14H13BrN2OS. The molecule has 0 aromatic carbocycles. The highest BCUT2D eigenvalue weighted by Gasteiger charge is 2.32. The van der Waals surface area contributed by atoms with Gasteiger partial charge in [-0.3, -0.25) is 4.79 Å². The third-order valence-corrected chi connectivity index (χ3v) is 4.87. The molecular weight excluding hydrogens is 324 g/mol. The van der Waals surface area contributed by atoms with Gasteiger partial charge in [0.1, 0.15) is 0 Å². The van der Waals surface area contributed by atoms with Crippen LogP contribution in [0.1, 0.15) is 36.3 Å². The lowest BCUT2D eigenvalue weighted by atomic mass is 9.76. The van der Waals surface area contributed by atoms with Gasteiger partial charge < -0.3 is 0 Å². The first kappa shape index (κ1) is 12.9. The average molecular weight is 337 g/mol. The SMILES string of the molecule is CC1(C)CC(=O)c2cnc(-c3ccc(Br)s3)nc2C1. The maximum Gasteiger partial charge on any atom is 0.169 e. The van der Waals surface area contributed by atoms with E-state index in [1.807, 2.05) is 12.1 Å². The molecule has 0 aliphatic heterocycles. The van der Waals surface area contributed by atoms with Crippen LogP contribution in [-0.2, 0) is 6.42 Å². The molecule has 0 saturated heterocycles. The van der Waals surface area contributed by atoms with Crippen LogP contribution in [0, 0.1) is 5.41 Å². The first-order valence-electron chi connectivity index (χ1n) is 6.09. The van der Waals surface area contributed by atoms with Crippen molar-refractivity contribution in [3.05, 3.63) is 33.4 Å². The summed E-state index contributed by atoms with van der Waals surface area (Å²) in [5.41, 5.74) is 1.57. The molecule has 0 saturated carbocycles. The fraction of sp³-hybridized carbons (Fsp3) is 0.357. The van der Waals surface area contributed by atoms with E-state index in [4.69, 9.17) is 0 Å². The van der Waals surface area contributed by atoms with Crippen LogP contribution in [-0.4, -0.2) is 15.8 Å². The summed E-state index contributed by atoms with van der Waals surface area (Å²) in [6.45, 7) is 4.22. The molecule has 19 heavy (non-hydrogen) atoms. The average Bonchev–Trinajstić information content (AvgIpc) is 2.73. The number of carbonyl (C=O) groups excluding carboxylic acids is 1. The van der Waals surface area contributed by atoms with Gasteiger partial charge in [-0.1, -0.05) is 13.8 Å². The zero-order chi connectivity index (χ0) is 13.6. The fourth-order valence-corrected chi connectivity index (χ4v) is 3.71. The van der Waals surface area contributed by atoms with Crippen molar-refractivity contribution in [3.8, 4) is 10.7 Å². The Kier molecular flexibility index (Phi) is 3.06. The van der Waals surface area contributed by atoms with E-state index in [1.165, 1.54) is 0 Å². The molecule has 0 unspecified atom stereocenters. The van der Waals surface area contributed by atoms with Crippen molar-refractivity contribution < 1.29 is 4.79 Å². The minimum Gasteiger partial charge on any atom is -0.294 e. The summed E-state index contributed by atoms with van der Waals surface area (Å²) < 4.78 is 1.06. The lowest BCUT2D eigenvalue weighted by molar-refractivity contribution is 0.0910. The normalized spacial score (nSPS) is 17.3. The van der Waals surface area contributed by atoms with Gasteiger partial charge in [0.15, 0.2) is 11.6 Å². The van der Waals surface area contributed by atoms with Gasteiger partial charge in [-0.15, -0.1) is 11.3 Å². The molecule has 2 aromatic rings. The predicted molar refractivity (Wildman–Crippen MR) is 79.5 cm³/mol. The molecule has 5 heteroatoms. The van der Waals surface area contributed by atoms with Crippen LogP contribution >= 0.6 is 27.3 Å². The Bertz CT molecular complexity index is 663. The van der Waals surface area contributed by atoms with Gasteiger partial charge in [-0.25, -0.2) is 9.97 Å². The Labute approximate surface area is 124 Å². The third-order valence-electron chi connectivity index (χ3n) is 3.25. The van der Waals surface area contributed by atoms with Crippen molar-refractivity contribution >= 4 is 33.0 Å².